The molecule has 0 fully saturated rings. The summed E-state index contributed by atoms with van der Waals surface area (Å²) in [5, 5.41) is 7.53. The van der Waals surface area contributed by atoms with Crippen LogP contribution in [0, 0.1) is 0 Å². The summed E-state index contributed by atoms with van der Waals surface area (Å²) < 4.78 is 7.58. The molecule has 0 saturated heterocycles. The van der Waals surface area contributed by atoms with Gasteiger partial charge in [0.05, 0.1) is 12.6 Å². The molecular weight excluding hydrogens is 240 g/mol. The van der Waals surface area contributed by atoms with Gasteiger partial charge in [0.25, 0.3) is 0 Å². The maximum absolute atomic E-state index is 5.68. The lowest BCUT2D eigenvalue weighted by Crippen LogP contribution is -2.20. The zero-order valence-corrected chi connectivity index (χ0v) is 11.4. The van der Waals surface area contributed by atoms with Crippen molar-refractivity contribution in [3.8, 4) is 5.88 Å². The lowest BCUT2D eigenvalue weighted by Gasteiger charge is -2.13. The molecule has 0 bridgehead atoms. The van der Waals surface area contributed by atoms with E-state index in [1.807, 2.05) is 42.9 Å². The van der Waals surface area contributed by atoms with Crippen molar-refractivity contribution in [1.29, 1.82) is 0 Å². The van der Waals surface area contributed by atoms with E-state index in [0.29, 0.717) is 5.88 Å². The first-order valence-electron chi connectivity index (χ1n) is 6.54. The Balaban J connectivity index is 1.82. The fourth-order valence-corrected chi connectivity index (χ4v) is 1.74. The Morgan fingerprint density at radius 2 is 2.21 bits per heavy atom. The second-order valence-corrected chi connectivity index (χ2v) is 4.58. The monoisotopic (exact) mass is 260 g/mol. The van der Waals surface area contributed by atoms with Crippen LogP contribution in [0.2, 0.25) is 0 Å². The van der Waals surface area contributed by atoms with Crippen molar-refractivity contribution in [3.05, 3.63) is 42.4 Å². The lowest BCUT2D eigenvalue weighted by molar-refractivity contribution is 0.229. The van der Waals surface area contributed by atoms with Gasteiger partial charge < -0.3 is 10.1 Å². The van der Waals surface area contributed by atoms with E-state index < -0.39 is 0 Å². The van der Waals surface area contributed by atoms with Crippen LogP contribution in [-0.2, 0) is 13.1 Å². The minimum Gasteiger partial charge on any atom is -0.475 e. The van der Waals surface area contributed by atoms with E-state index in [4.69, 9.17) is 4.74 Å². The molecule has 2 rings (SSSR count). The first-order chi connectivity index (χ1) is 9.25. The summed E-state index contributed by atoms with van der Waals surface area (Å²) >= 11 is 0. The second kappa shape index (κ2) is 6.89. The number of nitrogens with one attached hydrogen (secondary N) is 1. The van der Waals surface area contributed by atoms with Crippen molar-refractivity contribution in [2.45, 2.75) is 33.0 Å². The van der Waals surface area contributed by atoms with Crippen molar-refractivity contribution >= 4 is 0 Å². The topological polar surface area (TPSA) is 52.0 Å². The SMILES string of the molecule is CC(C)Oc1ncccc1CNCCn1cccn1. The molecule has 0 unspecified atom stereocenters. The highest BCUT2D eigenvalue weighted by Gasteiger charge is 2.05. The molecule has 2 heterocycles. The molecule has 0 aliphatic carbocycles. The lowest BCUT2D eigenvalue weighted by atomic mass is 10.2. The number of hydrogen-bond donors (Lipinski definition) is 1. The van der Waals surface area contributed by atoms with Gasteiger partial charge in [-0.25, -0.2) is 4.98 Å². The Labute approximate surface area is 113 Å². The molecule has 19 heavy (non-hydrogen) atoms. The molecule has 2 aromatic rings. The summed E-state index contributed by atoms with van der Waals surface area (Å²) in [4.78, 5) is 4.27. The average molecular weight is 260 g/mol. The van der Waals surface area contributed by atoms with Crippen molar-refractivity contribution in [2.75, 3.05) is 6.54 Å². The molecule has 5 heteroatoms. The van der Waals surface area contributed by atoms with Crippen molar-refractivity contribution in [2.24, 2.45) is 0 Å². The van der Waals surface area contributed by atoms with Crippen LogP contribution in [0.3, 0.4) is 0 Å². The van der Waals surface area contributed by atoms with Crippen LogP contribution >= 0.6 is 0 Å². The van der Waals surface area contributed by atoms with Crippen LogP contribution in [0.1, 0.15) is 19.4 Å². The number of pyridine rings is 1. The molecule has 0 saturated carbocycles. The number of aromatic nitrogens is 3. The van der Waals surface area contributed by atoms with Crippen LogP contribution in [0.25, 0.3) is 0 Å². The molecular formula is C14H20N4O. The summed E-state index contributed by atoms with van der Waals surface area (Å²) in [5.74, 6) is 0.712. The van der Waals surface area contributed by atoms with E-state index in [0.717, 1.165) is 25.2 Å². The Hall–Kier alpha value is -1.88. The van der Waals surface area contributed by atoms with Crippen molar-refractivity contribution in [3.63, 3.8) is 0 Å². The molecule has 0 amide bonds. The molecule has 2 aromatic heterocycles. The van der Waals surface area contributed by atoms with E-state index in [9.17, 15) is 0 Å². The molecule has 0 atom stereocenters. The fraction of sp³-hybridized carbons (Fsp3) is 0.429. The quantitative estimate of drug-likeness (QED) is 0.772. The predicted molar refractivity (Wildman–Crippen MR) is 73.9 cm³/mol. The summed E-state index contributed by atoms with van der Waals surface area (Å²) in [6.07, 6.45) is 5.64. The standard InChI is InChI=1S/C14H20N4O/c1-12(2)19-14-13(5-3-6-16-14)11-15-8-10-18-9-4-7-17-18/h3-7,9,12,15H,8,10-11H2,1-2H3. The molecule has 5 nitrogen and oxygen atoms in total. The molecule has 102 valence electrons. The normalized spacial score (nSPS) is 10.9. The minimum absolute atomic E-state index is 0.137. The Morgan fingerprint density at radius 3 is 2.95 bits per heavy atom. The van der Waals surface area contributed by atoms with Gasteiger partial charge in [0.15, 0.2) is 0 Å². The first kappa shape index (κ1) is 13.5. The molecule has 0 aromatic carbocycles. The molecule has 0 aliphatic rings. The van der Waals surface area contributed by atoms with Crippen LogP contribution in [0.5, 0.6) is 5.88 Å². The van der Waals surface area contributed by atoms with Crippen molar-refractivity contribution < 1.29 is 4.74 Å². The van der Waals surface area contributed by atoms with Crippen LogP contribution < -0.4 is 10.1 Å². The Kier molecular flexibility index (Phi) is 4.92. The molecule has 0 aliphatic heterocycles. The average Bonchev–Trinajstić information content (AvgIpc) is 2.89. The van der Waals surface area contributed by atoms with Gasteiger partial charge >= 0.3 is 0 Å². The largest absolute Gasteiger partial charge is 0.475 e. The third kappa shape index (κ3) is 4.37. The van der Waals surface area contributed by atoms with Crippen molar-refractivity contribution in [1.82, 2.24) is 20.1 Å². The number of rotatable bonds is 7. The highest BCUT2D eigenvalue weighted by molar-refractivity contribution is 5.25. The van der Waals surface area contributed by atoms with Crippen LogP contribution in [0.4, 0.5) is 0 Å². The van der Waals surface area contributed by atoms with E-state index in [-0.39, 0.29) is 6.10 Å². The Morgan fingerprint density at radius 1 is 1.32 bits per heavy atom. The van der Waals surface area contributed by atoms with E-state index in [1.165, 1.54) is 0 Å². The van der Waals surface area contributed by atoms with Gasteiger partial charge in [0.1, 0.15) is 0 Å². The van der Waals surface area contributed by atoms with Gasteiger partial charge in [-0.15, -0.1) is 0 Å². The molecule has 1 N–H and O–H groups in total. The van der Waals surface area contributed by atoms with Crippen LogP contribution in [-0.4, -0.2) is 27.4 Å². The van der Waals surface area contributed by atoms with Gasteiger partial charge in [-0.2, -0.15) is 5.10 Å². The molecule has 0 spiro atoms. The Bertz CT molecular complexity index is 482. The maximum atomic E-state index is 5.68. The highest BCUT2D eigenvalue weighted by atomic mass is 16.5. The van der Waals surface area contributed by atoms with Gasteiger partial charge in [-0.3, -0.25) is 4.68 Å². The third-order valence-corrected chi connectivity index (χ3v) is 2.59. The summed E-state index contributed by atoms with van der Waals surface area (Å²) in [5.41, 5.74) is 1.08. The summed E-state index contributed by atoms with van der Waals surface area (Å²) in [7, 11) is 0. The van der Waals surface area contributed by atoms with E-state index in [2.05, 4.69) is 15.4 Å². The fourth-order valence-electron chi connectivity index (χ4n) is 1.74. The van der Waals surface area contributed by atoms with Gasteiger partial charge in [0.2, 0.25) is 5.88 Å². The van der Waals surface area contributed by atoms with Gasteiger partial charge in [0, 0.05) is 37.2 Å². The summed E-state index contributed by atoms with van der Waals surface area (Å²) in [6.45, 7) is 6.47. The second-order valence-electron chi connectivity index (χ2n) is 4.58. The smallest absolute Gasteiger partial charge is 0.218 e. The summed E-state index contributed by atoms with van der Waals surface area (Å²) in [6, 6.07) is 5.89. The highest BCUT2D eigenvalue weighted by Crippen LogP contribution is 2.15. The van der Waals surface area contributed by atoms with Crippen LogP contribution in [0.15, 0.2) is 36.8 Å². The third-order valence-electron chi connectivity index (χ3n) is 2.59. The van der Waals surface area contributed by atoms with Gasteiger partial charge in [-0.05, 0) is 26.0 Å². The van der Waals surface area contributed by atoms with E-state index >= 15 is 0 Å². The first-order valence-corrected chi connectivity index (χ1v) is 6.54. The number of ether oxygens (including phenoxy) is 1. The zero-order valence-electron chi connectivity index (χ0n) is 11.4. The minimum atomic E-state index is 0.137. The maximum Gasteiger partial charge on any atom is 0.218 e. The zero-order chi connectivity index (χ0) is 13.5. The number of nitrogens with zero attached hydrogens (tertiary/aromatic N) is 3. The predicted octanol–water partition coefficient (Wildman–Crippen LogP) is 1.86. The van der Waals surface area contributed by atoms with E-state index in [1.54, 1.807) is 12.4 Å². The molecule has 0 radical (unpaired) electrons. The number of hydrogen-bond acceptors (Lipinski definition) is 4. The van der Waals surface area contributed by atoms with Gasteiger partial charge in [-0.1, -0.05) is 6.07 Å².